The number of halogens is 1. The van der Waals surface area contributed by atoms with Gasteiger partial charge in [-0.25, -0.2) is 8.42 Å². The molecule has 0 aliphatic rings. The number of benzene rings is 1. The van der Waals surface area contributed by atoms with Gasteiger partial charge >= 0.3 is 0 Å². The zero-order valence-corrected chi connectivity index (χ0v) is 10.2. The van der Waals surface area contributed by atoms with Crippen molar-refractivity contribution in [1.29, 1.82) is 0 Å². The summed E-state index contributed by atoms with van der Waals surface area (Å²) in [5, 5.41) is 0. The highest BCUT2D eigenvalue weighted by Crippen LogP contribution is 2.22. The van der Waals surface area contributed by atoms with Gasteiger partial charge in [-0.05, 0) is 11.6 Å². The molecule has 0 aliphatic heterocycles. The van der Waals surface area contributed by atoms with Gasteiger partial charge < -0.3 is 5.73 Å². The second-order valence-corrected chi connectivity index (χ2v) is 6.26. The molecule has 1 aromatic carbocycles. The molecule has 0 bridgehead atoms. The van der Waals surface area contributed by atoms with E-state index in [2.05, 4.69) is 15.9 Å². The SMILES string of the molecule is CS(=O)(=O)CC(N)c1ccccc1Br. The van der Waals surface area contributed by atoms with Crippen molar-refractivity contribution in [1.82, 2.24) is 0 Å². The third-order valence-corrected chi connectivity index (χ3v) is 3.47. The lowest BCUT2D eigenvalue weighted by atomic mass is 10.1. The molecule has 14 heavy (non-hydrogen) atoms. The predicted octanol–water partition coefficient (Wildman–Crippen LogP) is 1.49. The Labute approximate surface area is 92.4 Å². The maximum Gasteiger partial charge on any atom is 0.149 e. The standard InChI is InChI=1S/C9H12BrNO2S/c1-14(12,13)6-9(11)7-4-2-3-5-8(7)10/h2-5,9H,6,11H2,1H3. The van der Waals surface area contributed by atoms with Crippen molar-refractivity contribution < 1.29 is 8.42 Å². The summed E-state index contributed by atoms with van der Waals surface area (Å²) < 4.78 is 22.9. The van der Waals surface area contributed by atoms with Crippen molar-refractivity contribution in [2.45, 2.75) is 6.04 Å². The van der Waals surface area contributed by atoms with Gasteiger partial charge in [0.15, 0.2) is 0 Å². The van der Waals surface area contributed by atoms with E-state index in [4.69, 9.17) is 5.73 Å². The minimum atomic E-state index is -3.03. The maximum atomic E-state index is 11.0. The minimum absolute atomic E-state index is 0.0321. The summed E-state index contributed by atoms with van der Waals surface area (Å²) in [5.74, 6) is -0.0321. The molecule has 0 amide bonds. The maximum absolute atomic E-state index is 11.0. The first kappa shape index (κ1) is 11.7. The van der Waals surface area contributed by atoms with Crippen LogP contribution in [0.25, 0.3) is 0 Å². The largest absolute Gasteiger partial charge is 0.323 e. The van der Waals surface area contributed by atoms with Crippen LogP contribution in [0.4, 0.5) is 0 Å². The summed E-state index contributed by atoms with van der Waals surface area (Å²) in [7, 11) is -3.03. The number of hydrogen-bond donors (Lipinski definition) is 1. The predicted molar refractivity (Wildman–Crippen MR) is 60.8 cm³/mol. The van der Waals surface area contributed by atoms with Crippen LogP contribution in [0.1, 0.15) is 11.6 Å². The van der Waals surface area contributed by atoms with E-state index < -0.39 is 15.9 Å². The molecule has 0 spiro atoms. The van der Waals surface area contributed by atoms with E-state index in [0.29, 0.717) is 0 Å². The molecule has 1 aromatic rings. The third kappa shape index (κ3) is 3.40. The van der Waals surface area contributed by atoms with Crippen LogP contribution in [0.5, 0.6) is 0 Å². The zero-order valence-electron chi connectivity index (χ0n) is 7.77. The van der Waals surface area contributed by atoms with Crippen LogP contribution < -0.4 is 5.73 Å². The first-order chi connectivity index (χ1) is 6.40. The van der Waals surface area contributed by atoms with Crippen molar-refractivity contribution in [2.24, 2.45) is 5.73 Å². The topological polar surface area (TPSA) is 60.2 Å². The van der Waals surface area contributed by atoms with Crippen molar-refractivity contribution in [2.75, 3.05) is 12.0 Å². The molecule has 0 fully saturated rings. The fourth-order valence-electron chi connectivity index (χ4n) is 1.19. The zero-order chi connectivity index (χ0) is 10.8. The molecule has 0 aromatic heterocycles. The Balaban J connectivity index is 2.90. The molecule has 78 valence electrons. The summed E-state index contributed by atoms with van der Waals surface area (Å²) in [4.78, 5) is 0. The van der Waals surface area contributed by atoms with Gasteiger partial charge in [0.25, 0.3) is 0 Å². The normalized spacial score (nSPS) is 13.9. The van der Waals surface area contributed by atoms with Gasteiger partial charge in [-0.2, -0.15) is 0 Å². The van der Waals surface area contributed by atoms with Crippen molar-refractivity contribution >= 4 is 25.8 Å². The van der Waals surface area contributed by atoms with Gasteiger partial charge in [0.2, 0.25) is 0 Å². The molecule has 2 N–H and O–H groups in total. The molecule has 1 unspecified atom stereocenters. The van der Waals surface area contributed by atoms with Gasteiger partial charge in [-0.1, -0.05) is 34.1 Å². The monoisotopic (exact) mass is 277 g/mol. The lowest BCUT2D eigenvalue weighted by Crippen LogP contribution is -2.21. The molecular formula is C9H12BrNO2S. The molecule has 0 heterocycles. The molecule has 1 atom stereocenters. The van der Waals surface area contributed by atoms with Crippen LogP contribution >= 0.6 is 15.9 Å². The van der Waals surface area contributed by atoms with E-state index in [1.165, 1.54) is 6.26 Å². The quantitative estimate of drug-likeness (QED) is 0.911. The second kappa shape index (κ2) is 4.42. The van der Waals surface area contributed by atoms with Crippen molar-refractivity contribution in [3.05, 3.63) is 34.3 Å². The molecule has 0 saturated heterocycles. The molecule has 0 saturated carbocycles. The Bertz CT molecular complexity index is 417. The van der Waals surface area contributed by atoms with E-state index in [1.54, 1.807) is 0 Å². The highest BCUT2D eigenvalue weighted by atomic mass is 79.9. The van der Waals surface area contributed by atoms with E-state index in [-0.39, 0.29) is 5.75 Å². The van der Waals surface area contributed by atoms with E-state index >= 15 is 0 Å². The number of rotatable bonds is 3. The van der Waals surface area contributed by atoms with Crippen LogP contribution in [0.15, 0.2) is 28.7 Å². The lowest BCUT2D eigenvalue weighted by molar-refractivity contribution is 0.594. The van der Waals surface area contributed by atoms with E-state index in [0.717, 1.165) is 10.0 Å². The van der Waals surface area contributed by atoms with Crippen LogP contribution in [-0.4, -0.2) is 20.4 Å². The van der Waals surface area contributed by atoms with Gasteiger partial charge in [-0.3, -0.25) is 0 Å². The fraction of sp³-hybridized carbons (Fsp3) is 0.333. The summed E-state index contributed by atoms with van der Waals surface area (Å²) in [5.41, 5.74) is 6.59. The molecule has 0 aliphatic carbocycles. The van der Waals surface area contributed by atoms with Gasteiger partial charge in [-0.15, -0.1) is 0 Å². The molecule has 5 heteroatoms. The highest BCUT2D eigenvalue weighted by Gasteiger charge is 2.14. The van der Waals surface area contributed by atoms with Crippen LogP contribution in [0.3, 0.4) is 0 Å². The van der Waals surface area contributed by atoms with Gasteiger partial charge in [0, 0.05) is 16.8 Å². The summed E-state index contributed by atoms with van der Waals surface area (Å²) in [6.07, 6.45) is 1.18. The van der Waals surface area contributed by atoms with E-state index in [1.807, 2.05) is 24.3 Å². The average Bonchev–Trinajstić information content (AvgIpc) is 2.01. The Morgan fingerprint density at radius 3 is 2.50 bits per heavy atom. The van der Waals surface area contributed by atoms with Gasteiger partial charge in [0.1, 0.15) is 9.84 Å². The number of hydrogen-bond acceptors (Lipinski definition) is 3. The summed E-state index contributed by atoms with van der Waals surface area (Å²) in [6, 6.07) is 6.89. The smallest absolute Gasteiger partial charge is 0.149 e. The Kier molecular flexibility index (Phi) is 3.69. The summed E-state index contributed by atoms with van der Waals surface area (Å²) >= 11 is 3.33. The lowest BCUT2D eigenvalue weighted by Gasteiger charge is -2.12. The van der Waals surface area contributed by atoms with Crippen molar-refractivity contribution in [3.8, 4) is 0 Å². The van der Waals surface area contributed by atoms with Crippen LogP contribution in [0.2, 0.25) is 0 Å². The Morgan fingerprint density at radius 2 is 2.00 bits per heavy atom. The van der Waals surface area contributed by atoms with Crippen LogP contribution in [-0.2, 0) is 9.84 Å². The highest BCUT2D eigenvalue weighted by molar-refractivity contribution is 9.10. The Hall–Kier alpha value is -0.390. The minimum Gasteiger partial charge on any atom is -0.323 e. The molecule has 0 radical (unpaired) electrons. The molecule has 1 rings (SSSR count). The van der Waals surface area contributed by atoms with Crippen LogP contribution in [0, 0.1) is 0 Å². The fourth-order valence-corrected chi connectivity index (χ4v) is 2.60. The number of nitrogens with two attached hydrogens (primary N) is 1. The second-order valence-electron chi connectivity index (χ2n) is 3.22. The number of sulfone groups is 1. The first-order valence-electron chi connectivity index (χ1n) is 4.08. The summed E-state index contributed by atoms with van der Waals surface area (Å²) in [6.45, 7) is 0. The van der Waals surface area contributed by atoms with Gasteiger partial charge in [0.05, 0.1) is 5.75 Å². The molecule has 3 nitrogen and oxygen atoms in total. The van der Waals surface area contributed by atoms with Crippen molar-refractivity contribution in [3.63, 3.8) is 0 Å². The average molecular weight is 278 g/mol. The van der Waals surface area contributed by atoms with E-state index in [9.17, 15) is 8.42 Å². The molecular weight excluding hydrogens is 266 g/mol. The first-order valence-corrected chi connectivity index (χ1v) is 6.93. The Morgan fingerprint density at radius 1 is 1.43 bits per heavy atom. The third-order valence-electron chi connectivity index (χ3n) is 1.79.